The Bertz CT molecular complexity index is 791. The van der Waals surface area contributed by atoms with Crippen molar-refractivity contribution in [3.05, 3.63) is 69.8 Å². The molecule has 5 rings (SSSR count). The Hall–Kier alpha value is -2.70. The number of carbonyl (C=O) groups is 2. The van der Waals surface area contributed by atoms with E-state index < -0.39 is 0 Å². The second-order valence-corrected chi connectivity index (χ2v) is 6.32. The molecule has 2 aromatic carbocycles. The average Bonchev–Trinajstić information content (AvgIpc) is 2.66. The topological polar surface area (TPSA) is 110 Å². The van der Waals surface area contributed by atoms with Gasteiger partial charge in [0.25, 0.3) is 11.8 Å². The van der Waals surface area contributed by atoms with Crippen LogP contribution in [0.15, 0.2) is 36.4 Å². The molecule has 0 aliphatic heterocycles. The molecule has 2 amide bonds. The Kier molecular flexibility index (Phi) is 3.37. The maximum Gasteiger partial charge on any atom is 0.265 e. The molecule has 0 spiro atoms. The highest BCUT2D eigenvalue weighted by Crippen LogP contribution is 2.52. The van der Waals surface area contributed by atoms with E-state index in [1.807, 2.05) is 24.3 Å². The van der Waals surface area contributed by atoms with E-state index in [9.17, 15) is 9.59 Å². The highest BCUT2D eigenvalue weighted by atomic mass is 16.2. The molecule has 2 aromatic rings. The average molecular weight is 322 g/mol. The van der Waals surface area contributed by atoms with Crippen LogP contribution in [-0.2, 0) is 0 Å². The molecule has 0 heterocycles. The Labute approximate surface area is 139 Å². The molecule has 24 heavy (non-hydrogen) atoms. The molecule has 3 aliphatic rings. The van der Waals surface area contributed by atoms with Crippen molar-refractivity contribution in [2.75, 3.05) is 0 Å². The SMILES string of the molecule is NNC(=O)c1ccc2c(c1)C1CCC2c2cc(C(=O)NN)ccc21. The summed E-state index contributed by atoms with van der Waals surface area (Å²) in [7, 11) is 0. The first-order valence-corrected chi connectivity index (χ1v) is 7.93. The van der Waals surface area contributed by atoms with Gasteiger partial charge in [-0.05, 0) is 59.4 Å². The molecule has 0 saturated carbocycles. The van der Waals surface area contributed by atoms with Crippen LogP contribution in [0.5, 0.6) is 0 Å². The molecule has 0 fully saturated rings. The Morgan fingerprint density at radius 1 is 0.750 bits per heavy atom. The lowest BCUT2D eigenvalue weighted by molar-refractivity contribution is 0.0945. The molecule has 2 unspecified atom stereocenters. The van der Waals surface area contributed by atoms with Gasteiger partial charge in [0.1, 0.15) is 0 Å². The lowest BCUT2D eigenvalue weighted by Gasteiger charge is -2.40. The molecular formula is C18H18N4O2. The lowest BCUT2D eigenvalue weighted by atomic mass is 9.63. The molecule has 2 bridgehead atoms. The standard InChI is InChI=1S/C18H18N4O2/c19-21-17(23)9-1-3-11-13-5-6-14(15(11)7-9)12-4-2-10(8-16(12)13)18(24)22-20/h1-4,7-8,13-14H,5-6,19-20H2,(H,21,23)(H,22,24). The zero-order chi connectivity index (χ0) is 16.8. The summed E-state index contributed by atoms with van der Waals surface area (Å²) in [6.45, 7) is 0. The fourth-order valence-corrected chi connectivity index (χ4v) is 4.13. The molecule has 0 saturated heterocycles. The first-order valence-electron chi connectivity index (χ1n) is 7.93. The van der Waals surface area contributed by atoms with Crippen LogP contribution in [0.1, 0.15) is 67.6 Å². The van der Waals surface area contributed by atoms with Gasteiger partial charge in [-0.1, -0.05) is 12.1 Å². The van der Waals surface area contributed by atoms with Gasteiger partial charge in [-0.25, -0.2) is 11.7 Å². The number of benzene rings is 2. The third-order valence-corrected chi connectivity index (χ3v) is 5.21. The van der Waals surface area contributed by atoms with Crippen LogP contribution in [0, 0.1) is 0 Å². The number of nitrogens with two attached hydrogens (primary N) is 2. The van der Waals surface area contributed by atoms with Crippen molar-refractivity contribution in [2.45, 2.75) is 24.7 Å². The number of rotatable bonds is 2. The van der Waals surface area contributed by atoms with Gasteiger partial charge in [0.15, 0.2) is 0 Å². The summed E-state index contributed by atoms with van der Waals surface area (Å²) < 4.78 is 0. The fraction of sp³-hybridized carbons (Fsp3) is 0.222. The number of carbonyl (C=O) groups excluding carboxylic acids is 2. The second-order valence-electron chi connectivity index (χ2n) is 6.32. The van der Waals surface area contributed by atoms with Crippen molar-refractivity contribution in [2.24, 2.45) is 11.7 Å². The van der Waals surface area contributed by atoms with Crippen LogP contribution in [0.4, 0.5) is 0 Å². The molecular weight excluding hydrogens is 304 g/mol. The highest BCUT2D eigenvalue weighted by Gasteiger charge is 2.37. The molecule has 2 atom stereocenters. The van der Waals surface area contributed by atoms with Gasteiger partial charge in [0.2, 0.25) is 0 Å². The fourth-order valence-electron chi connectivity index (χ4n) is 4.13. The van der Waals surface area contributed by atoms with Crippen LogP contribution in [0.25, 0.3) is 0 Å². The predicted octanol–water partition coefficient (Wildman–Crippen LogP) is 1.26. The zero-order valence-corrected chi connectivity index (χ0v) is 13.0. The van der Waals surface area contributed by atoms with Gasteiger partial charge < -0.3 is 0 Å². The van der Waals surface area contributed by atoms with Crippen molar-refractivity contribution < 1.29 is 9.59 Å². The normalized spacial score (nSPS) is 20.1. The van der Waals surface area contributed by atoms with Gasteiger partial charge in [-0.2, -0.15) is 0 Å². The second kappa shape index (κ2) is 5.43. The van der Waals surface area contributed by atoms with Crippen LogP contribution in [0.2, 0.25) is 0 Å². The Morgan fingerprint density at radius 3 is 1.54 bits per heavy atom. The minimum Gasteiger partial charge on any atom is -0.290 e. The van der Waals surface area contributed by atoms with E-state index in [1.165, 1.54) is 22.3 Å². The van der Waals surface area contributed by atoms with E-state index in [1.54, 1.807) is 12.1 Å². The molecule has 122 valence electrons. The van der Waals surface area contributed by atoms with Crippen LogP contribution in [-0.4, -0.2) is 11.8 Å². The maximum absolute atomic E-state index is 11.8. The molecule has 0 radical (unpaired) electrons. The Balaban J connectivity index is 1.82. The van der Waals surface area contributed by atoms with E-state index >= 15 is 0 Å². The van der Waals surface area contributed by atoms with Gasteiger partial charge in [-0.15, -0.1) is 0 Å². The van der Waals surface area contributed by atoms with E-state index in [2.05, 4.69) is 10.9 Å². The third-order valence-electron chi connectivity index (χ3n) is 5.21. The largest absolute Gasteiger partial charge is 0.290 e. The zero-order valence-electron chi connectivity index (χ0n) is 13.0. The summed E-state index contributed by atoms with van der Waals surface area (Å²) >= 11 is 0. The van der Waals surface area contributed by atoms with E-state index in [0.717, 1.165) is 12.8 Å². The molecule has 0 aromatic heterocycles. The number of amides is 2. The van der Waals surface area contributed by atoms with Crippen LogP contribution < -0.4 is 22.5 Å². The van der Waals surface area contributed by atoms with E-state index in [-0.39, 0.29) is 23.7 Å². The van der Waals surface area contributed by atoms with E-state index in [0.29, 0.717) is 11.1 Å². The number of fused-ring (bicyclic) bond motifs is 1. The highest BCUT2D eigenvalue weighted by molar-refractivity contribution is 5.95. The van der Waals surface area contributed by atoms with Gasteiger partial charge in [0, 0.05) is 23.0 Å². The summed E-state index contributed by atoms with van der Waals surface area (Å²) in [5.74, 6) is 10.4. The van der Waals surface area contributed by atoms with Gasteiger partial charge >= 0.3 is 0 Å². The minimum atomic E-state index is -0.283. The maximum atomic E-state index is 11.8. The monoisotopic (exact) mass is 322 g/mol. The minimum absolute atomic E-state index is 0.250. The molecule has 6 nitrogen and oxygen atoms in total. The summed E-state index contributed by atoms with van der Waals surface area (Å²) in [5, 5.41) is 0. The molecule has 6 N–H and O–H groups in total. The number of hydrogen-bond acceptors (Lipinski definition) is 4. The molecule has 3 aliphatic carbocycles. The first kappa shape index (κ1) is 14.9. The van der Waals surface area contributed by atoms with Crippen molar-refractivity contribution in [3.8, 4) is 0 Å². The van der Waals surface area contributed by atoms with E-state index in [4.69, 9.17) is 11.7 Å². The summed E-state index contributed by atoms with van der Waals surface area (Å²) in [6, 6.07) is 11.5. The summed E-state index contributed by atoms with van der Waals surface area (Å²) in [5.41, 5.74) is 10.4. The van der Waals surface area contributed by atoms with Crippen LogP contribution >= 0.6 is 0 Å². The summed E-state index contributed by atoms with van der Waals surface area (Å²) in [6.07, 6.45) is 2.08. The van der Waals surface area contributed by atoms with Crippen molar-refractivity contribution in [1.82, 2.24) is 10.9 Å². The quantitative estimate of drug-likeness (QED) is 0.379. The Morgan fingerprint density at radius 2 is 1.17 bits per heavy atom. The van der Waals surface area contributed by atoms with Crippen LogP contribution in [0.3, 0.4) is 0 Å². The van der Waals surface area contributed by atoms with Crippen molar-refractivity contribution in [1.29, 1.82) is 0 Å². The van der Waals surface area contributed by atoms with Crippen molar-refractivity contribution >= 4 is 11.8 Å². The number of nitrogen functional groups attached to an aromatic ring is 2. The summed E-state index contributed by atoms with van der Waals surface area (Å²) in [4.78, 5) is 23.6. The number of hydrazine groups is 2. The molecule has 6 heteroatoms. The number of nitrogens with one attached hydrogen (secondary N) is 2. The lowest BCUT2D eigenvalue weighted by Crippen LogP contribution is -2.32. The van der Waals surface area contributed by atoms with Gasteiger partial charge in [0.05, 0.1) is 0 Å². The first-order chi connectivity index (χ1) is 11.6. The predicted molar refractivity (Wildman–Crippen MR) is 89.1 cm³/mol. The van der Waals surface area contributed by atoms with Crippen molar-refractivity contribution in [3.63, 3.8) is 0 Å². The van der Waals surface area contributed by atoms with Gasteiger partial charge in [-0.3, -0.25) is 20.4 Å². The number of hydrogen-bond donors (Lipinski definition) is 4. The smallest absolute Gasteiger partial charge is 0.265 e. The third kappa shape index (κ3) is 2.04.